The van der Waals surface area contributed by atoms with Crippen LogP contribution in [-0.4, -0.2) is 36.4 Å². The minimum atomic E-state index is 0. The minimum absolute atomic E-state index is 0. The number of guanidine groups is 1. The van der Waals surface area contributed by atoms with E-state index in [9.17, 15) is 0 Å². The fourth-order valence-corrected chi connectivity index (χ4v) is 2.02. The second kappa shape index (κ2) is 10.7. The molecule has 0 fully saturated rings. The summed E-state index contributed by atoms with van der Waals surface area (Å²) in [4.78, 5) is 8.57. The first-order valence-electron chi connectivity index (χ1n) is 7.81. The van der Waals surface area contributed by atoms with Gasteiger partial charge in [0.15, 0.2) is 23.3 Å². The van der Waals surface area contributed by atoms with Crippen LogP contribution in [0.25, 0.3) is 0 Å². The molecule has 1 aromatic heterocycles. The number of aliphatic imine (C=N–C) groups is 1. The summed E-state index contributed by atoms with van der Waals surface area (Å²) in [5.41, 5.74) is 0.834. The van der Waals surface area contributed by atoms with Crippen LogP contribution in [0.15, 0.2) is 27.7 Å². The molecule has 0 amide bonds. The van der Waals surface area contributed by atoms with Crippen molar-refractivity contribution in [2.75, 3.05) is 25.6 Å². The number of rotatable bonds is 7. The number of nitrogens with zero attached hydrogens (tertiary/aromatic N) is 3. The Balaban J connectivity index is 0.00000312. The number of aryl methyl sites for hydroxylation is 1. The van der Waals surface area contributed by atoms with Gasteiger partial charge in [0.2, 0.25) is 5.89 Å². The summed E-state index contributed by atoms with van der Waals surface area (Å²) in [6, 6.07) is 5.61. The number of nitrogens with one attached hydrogen (secondary N) is 2. The molecule has 138 valence electrons. The van der Waals surface area contributed by atoms with Gasteiger partial charge in [-0.1, -0.05) is 5.16 Å². The van der Waals surface area contributed by atoms with E-state index in [1.807, 2.05) is 32.0 Å². The fraction of sp³-hybridized carbons (Fsp3) is 0.438. The molecule has 0 aliphatic carbocycles. The lowest BCUT2D eigenvalue weighted by molar-refractivity contribution is 0.311. The number of methoxy groups -OCH3 is 1. The highest BCUT2D eigenvalue weighted by Gasteiger charge is 2.08. The summed E-state index contributed by atoms with van der Waals surface area (Å²) >= 11 is 0. The number of hydrogen-bond acceptors (Lipinski definition) is 6. The summed E-state index contributed by atoms with van der Waals surface area (Å²) in [7, 11) is 1.61. The zero-order valence-electron chi connectivity index (χ0n) is 14.8. The van der Waals surface area contributed by atoms with Crippen LogP contribution in [0.3, 0.4) is 0 Å². The summed E-state index contributed by atoms with van der Waals surface area (Å²) in [6.07, 6.45) is 0. The summed E-state index contributed by atoms with van der Waals surface area (Å²) in [5, 5.41) is 10.1. The second-order valence-electron chi connectivity index (χ2n) is 4.85. The third-order valence-corrected chi connectivity index (χ3v) is 3.01. The Morgan fingerprint density at radius 1 is 1.28 bits per heavy atom. The topological polar surface area (TPSA) is 93.8 Å². The van der Waals surface area contributed by atoms with Crippen LogP contribution >= 0.6 is 24.0 Å². The van der Waals surface area contributed by atoms with Crippen LogP contribution in [-0.2, 0) is 6.54 Å². The SMILES string of the molecule is CCNC(=NCc1nc(C)no1)Nc1ccc(OC)c(OCC)c1.I. The molecule has 0 unspecified atom stereocenters. The van der Waals surface area contributed by atoms with Gasteiger partial charge < -0.3 is 24.6 Å². The molecular weight excluding hydrogens is 437 g/mol. The normalized spacial score (nSPS) is 10.8. The van der Waals surface area contributed by atoms with Crippen molar-refractivity contribution in [2.24, 2.45) is 4.99 Å². The van der Waals surface area contributed by atoms with Crippen molar-refractivity contribution in [3.8, 4) is 11.5 Å². The van der Waals surface area contributed by atoms with Gasteiger partial charge in [-0.15, -0.1) is 24.0 Å². The molecule has 0 aliphatic heterocycles. The number of ether oxygens (including phenoxy) is 2. The Morgan fingerprint density at radius 2 is 2.08 bits per heavy atom. The van der Waals surface area contributed by atoms with Gasteiger partial charge in [0.05, 0.1) is 13.7 Å². The van der Waals surface area contributed by atoms with Crippen molar-refractivity contribution in [2.45, 2.75) is 27.3 Å². The molecule has 1 heterocycles. The molecule has 0 radical (unpaired) electrons. The van der Waals surface area contributed by atoms with Crippen molar-refractivity contribution in [3.63, 3.8) is 0 Å². The highest BCUT2D eigenvalue weighted by atomic mass is 127. The van der Waals surface area contributed by atoms with Crippen LogP contribution in [0.4, 0.5) is 5.69 Å². The average Bonchev–Trinajstić information content (AvgIpc) is 2.99. The van der Waals surface area contributed by atoms with Gasteiger partial charge in [-0.25, -0.2) is 4.99 Å². The lowest BCUT2D eigenvalue weighted by Crippen LogP contribution is -2.30. The monoisotopic (exact) mass is 461 g/mol. The number of benzene rings is 1. The maximum Gasteiger partial charge on any atom is 0.248 e. The molecule has 0 saturated heterocycles. The van der Waals surface area contributed by atoms with Crippen LogP contribution in [0, 0.1) is 6.92 Å². The molecular formula is C16H24IN5O3. The van der Waals surface area contributed by atoms with Crippen molar-refractivity contribution in [1.82, 2.24) is 15.5 Å². The molecule has 0 bridgehead atoms. The summed E-state index contributed by atoms with van der Waals surface area (Å²) < 4.78 is 15.9. The van der Waals surface area contributed by atoms with E-state index in [-0.39, 0.29) is 24.0 Å². The maximum atomic E-state index is 5.58. The van der Waals surface area contributed by atoms with Gasteiger partial charge in [0.1, 0.15) is 6.54 Å². The van der Waals surface area contributed by atoms with Crippen molar-refractivity contribution in [1.29, 1.82) is 0 Å². The lowest BCUT2D eigenvalue weighted by atomic mass is 10.2. The highest BCUT2D eigenvalue weighted by Crippen LogP contribution is 2.30. The third-order valence-electron chi connectivity index (χ3n) is 3.01. The van der Waals surface area contributed by atoms with E-state index in [0.29, 0.717) is 42.3 Å². The first-order valence-corrected chi connectivity index (χ1v) is 7.81. The van der Waals surface area contributed by atoms with Gasteiger partial charge in [-0.2, -0.15) is 4.98 Å². The second-order valence-corrected chi connectivity index (χ2v) is 4.85. The van der Waals surface area contributed by atoms with Crippen molar-refractivity contribution in [3.05, 3.63) is 29.9 Å². The summed E-state index contributed by atoms with van der Waals surface area (Å²) in [6.45, 7) is 7.27. The molecule has 8 nitrogen and oxygen atoms in total. The molecule has 0 atom stereocenters. The molecule has 2 aromatic rings. The van der Waals surface area contributed by atoms with E-state index in [1.165, 1.54) is 0 Å². The van der Waals surface area contributed by atoms with Crippen LogP contribution in [0.2, 0.25) is 0 Å². The number of hydrogen-bond donors (Lipinski definition) is 2. The van der Waals surface area contributed by atoms with Gasteiger partial charge in [0, 0.05) is 18.3 Å². The molecule has 0 saturated carbocycles. The lowest BCUT2D eigenvalue weighted by Gasteiger charge is -2.14. The van der Waals surface area contributed by atoms with Gasteiger partial charge in [0.25, 0.3) is 0 Å². The van der Waals surface area contributed by atoms with E-state index in [1.54, 1.807) is 14.0 Å². The van der Waals surface area contributed by atoms with Crippen molar-refractivity contribution < 1.29 is 14.0 Å². The minimum Gasteiger partial charge on any atom is -0.493 e. The Hall–Kier alpha value is -2.04. The summed E-state index contributed by atoms with van der Waals surface area (Å²) in [5.74, 6) is 3.03. The first kappa shape index (κ1) is 21.0. The smallest absolute Gasteiger partial charge is 0.248 e. The maximum absolute atomic E-state index is 5.58. The van der Waals surface area contributed by atoms with E-state index >= 15 is 0 Å². The first-order chi connectivity index (χ1) is 11.7. The van der Waals surface area contributed by atoms with Gasteiger partial charge in [-0.3, -0.25) is 0 Å². The highest BCUT2D eigenvalue weighted by molar-refractivity contribution is 14.0. The van der Waals surface area contributed by atoms with Crippen LogP contribution < -0.4 is 20.1 Å². The van der Waals surface area contributed by atoms with Gasteiger partial charge >= 0.3 is 0 Å². The predicted octanol–water partition coefficient (Wildman–Crippen LogP) is 2.98. The average molecular weight is 461 g/mol. The largest absolute Gasteiger partial charge is 0.493 e. The zero-order valence-corrected chi connectivity index (χ0v) is 17.2. The predicted molar refractivity (Wildman–Crippen MR) is 107 cm³/mol. The molecule has 2 rings (SSSR count). The molecule has 25 heavy (non-hydrogen) atoms. The Bertz CT molecular complexity index is 690. The molecule has 1 aromatic carbocycles. The Labute approximate surface area is 164 Å². The van der Waals surface area contributed by atoms with Crippen LogP contribution in [0.5, 0.6) is 11.5 Å². The number of anilines is 1. The molecule has 0 aliphatic rings. The Kier molecular flexibility index (Phi) is 9.03. The molecule has 0 spiro atoms. The fourth-order valence-electron chi connectivity index (χ4n) is 2.02. The molecule has 2 N–H and O–H groups in total. The van der Waals surface area contributed by atoms with E-state index in [2.05, 4.69) is 25.8 Å². The van der Waals surface area contributed by atoms with E-state index in [0.717, 1.165) is 12.2 Å². The number of halogens is 1. The third kappa shape index (κ3) is 6.40. The van der Waals surface area contributed by atoms with E-state index in [4.69, 9.17) is 14.0 Å². The Morgan fingerprint density at radius 3 is 2.68 bits per heavy atom. The van der Waals surface area contributed by atoms with Crippen LogP contribution in [0.1, 0.15) is 25.6 Å². The quantitative estimate of drug-likeness (QED) is 0.372. The van der Waals surface area contributed by atoms with E-state index < -0.39 is 0 Å². The standard InChI is InChI=1S/C16H23N5O3.HI/c1-5-17-16(18-10-15-19-11(3)21-24-15)20-12-7-8-13(22-4)14(9-12)23-6-2;/h7-9H,5-6,10H2,1-4H3,(H2,17,18,20);1H. The number of aromatic nitrogens is 2. The zero-order chi connectivity index (χ0) is 17.4. The van der Waals surface area contributed by atoms with Gasteiger partial charge in [-0.05, 0) is 32.9 Å². The molecule has 9 heteroatoms. The van der Waals surface area contributed by atoms with Crippen molar-refractivity contribution >= 4 is 35.6 Å².